The summed E-state index contributed by atoms with van der Waals surface area (Å²) in [5, 5.41) is 12.1. The third-order valence-corrected chi connectivity index (χ3v) is 4.23. The number of para-hydroxylation sites is 1. The third-order valence-electron chi connectivity index (χ3n) is 4.23. The maximum absolute atomic E-state index is 11.9. The highest BCUT2D eigenvalue weighted by atomic mass is 16.5. The number of aliphatic carboxylic acids is 1. The highest BCUT2D eigenvalue weighted by Crippen LogP contribution is 2.23. The number of carboxylic acid groups (broad SMARTS) is 1. The molecule has 132 valence electrons. The maximum atomic E-state index is 11.9. The predicted octanol–water partition coefficient (Wildman–Crippen LogP) is 2.09. The van der Waals surface area contributed by atoms with Gasteiger partial charge < -0.3 is 19.9 Å². The van der Waals surface area contributed by atoms with Crippen molar-refractivity contribution in [3.63, 3.8) is 0 Å². The van der Waals surface area contributed by atoms with Crippen LogP contribution in [0.5, 0.6) is 5.75 Å². The van der Waals surface area contributed by atoms with Crippen molar-refractivity contribution in [2.75, 3.05) is 26.4 Å². The fourth-order valence-corrected chi connectivity index (χ4v) is 2.83. The van der Waals surface area contributed by atoms with Crippen LogP contribution in [0, 0.1) is 11.8 Å². The molecule has 1 heterocycles. The lowest BCUT2D eigenvalue weighted by molar-refractivity contribution is -0.145. The van der Waals surface area contributed by atoms with Gasteiger partial charge in [0, 0.05) is 26.2 Å². The zero-order chi connectivity index (χ0) is 17.2. The predicted molar refractivity (Wildman–Crippen MR) is 88.8 cm³/mol. The summed E-state index contributed by atoms with van der Waals surface area (Å²) in [6.45, 7) is 1.83. The molecule has 0 aromatic heterocycles. The standard InChI is InChI=1S/C18H25NO5/c20-17(7-4-10-24-15-5-2-1-3-6-15)19-13-16(18(21)22)14-8-11-23-12-9-14/h1-3,5-6,14,16H,4,7-13H2,(H,19,20)(H,21,22). The lowest BCUT2D eigenvalue weighted by Crippen LogP contribution is -2.39. The molecule has 1 atom stereocenters. The average Bonchev–Trinajstić information content (AvgIpc) is 2.60. The molecule has 0 bridgehead atoms. The molecule has 1 amide bonds. The molecule has 24 heavy (non-hydrogen) atoms. The van der Waals surface area contributed by atoms with Crippen molar-refractivity contribution in [1.29, 1.82) is 0 Å². The number of benzene rings is 1. The summed E-state index contributed by atoms with van der Waals surface area (Å²) in [6, 6.07) is 9.43. The molecule has 0 spiro atoms. The van der Waals surface area contributed by atoms with Gasteiger partial charge in [-0.05, 0) is 37.3 Å². The zero-order valence-electron chi connectivity index (χ0n) is 13.8. The van der Waals surface area contributed by atoms with Gasteiger partial charge in [-0.3, -0.25) is 9.59 Å². The molecular formula is C18H25NO5. The Bertz CT molecular complexity index is 513. The van der Waals surface area contributed by atoms with Crippen LogP contribution in [-0.4, -0.2) is 43.3 Å². The Labute approximate surface area is 142 Å². The van der Waals surface area contributed by atoms with Crippen LogP contribution in [0.4, 0.5) is 0 Å². The van der Waals surface area contributed by atoms with Crippen molar-refractivity contribution in [2.45, 2.75) is 25.7 Å². The molecule has 1 aliphatic rings. The molecular weight excluding hydrogens is 310 g/mol. The summed E-state index contributed by atoms with van der Waals surface area (Å²) >= 11 is 0. The van der Waals surface area contributed by atoms with E-state index in [2.05, 4.69) is 5.32 Å². The van der Waals surface area contributed by atoms with Crippen LogP contribution in [0.3, 0.4) is 0 Å². The van der Waals surface area contributed by atoms with E-state index < -0.39 is 11.9 Å². The van der Waals surface area contributed by atoms with Crippen LogP contribution in [0.1, 0.15) is 25.7 Å². The van der Waals surface area contributed by atoms with E-state index in [-0.39, 0.29) is 18.4 Å². The van der Waals surface area contributed by atoms with Gasteiger partial charge >= 0.3 is 5.97 Å². The zero-order valence-corrected chi connectivity index (χ0v) is 13.8. The molecule has 1 saturated heterocycles. The fraction of sp³-hybridized carbons (Fsp3) is 0.556. The number of carboxylic acids is 1. The van der Waals surface area contributed by atoms with Crippen molar-refractivity contribution in [3.8, 4) is 5.75 Å². The first kappa shape index (κ1) is 18.3. The first-order valence-electron chi connectivity index (χ1n) is 8.42. The molecule has 0 saturated carbocycles. The quantitative estimate of drug-likeness (QED) is 0.675. The van der Waals surface area contributed by atoms with Crippen LogP contribution < -0.4 is 10.1 Å². The van der Waals surface area contributed by atoms with Gasteiger partial charge in [0.1, 0.15) is 5.75 Å². The summed E-state index contributed by atoms with van der Waals surface area (Å²) in [6.07, 6.45) is 2.39. The Balaban J connectivity index is 1.64. The molecule has 0 radical (unpaired) electrons. The van der Waals surface area contributed by atoms with E-state index in [1.54, 1.807) is 0 Å². The molecule has 1 unspecified atom stereocenters. The number of nitrogens with one attached hydrogen (secondary N) is 1. The van der Waals surface area contributed by atoms with Gasteiger partial charge in [0.25, 0.3) is 0 Å². The van der Waals surface area contributed by atoms with E-state index >= 15 is 0 Å². The Kier molecular flexibility index (Phi) is 7.55. The lowest BCUT2D eigenvalue weighted by atomic mass is 9.86. The van der Waals surface area contributed by atoms with Crippen LogP contribution in [0.15, 0.2) is 30.3 Å². The molecule has 2 rings (SSSR count). The van der Waals surface area contributed by atoms with E-state index in [0.717, 1.165) is 18.6 Å². The van der Waals surface area contributed by atoms with Gasteiger partial charge in [0.15, 0.2) is 0 Å². The SMILES string of the molecule is O=C(CCCOc1ccccc1)NCC(C(=O)O)C1CCOCC1. The molecule has 6 heteroatoms. The van der Waals surface area contributed by atoms with Crippen molar-refractivity contribution in [2.24, 2.45) is 11.8 Å². The topological polar surface area (TPSA) is 84.9 Å². The first-order chi connectivity index (χ1) is 11.7. The van der Waals surface area contributed by atoms with Gasteiger partial charge in [0.2, 0.25) is 5.91 Å². The molecule has 2 N–H and O–H groups in total. The summed E-state index contributed by atoms with van der Waals surface area (Å²) < 4.78 is 10.8. The van der Waals surface area contributed by atoms with Crippen molar-refractivity contribution in [1.82, 2.24) is 5.32 Å². The molecule has 0 aliphatic carbocycles. The number of hydrogen-bond acceptors (Lipinski definition) is 4. The molecule has 1 aromatic rings. The number of carbonyl (C=O) groups excluding carboxylic acids is 1. The highest BCUT2D eigenvalue weighted by molar-refractivity contribution is 5.77. The average molecular weight is 335 g/mol. The van der Waals surface area contributed by atoms with Crippen molar-refractivity contribution < 1.29 is 24.2 Å². The van der Waals surface area contributed by atoms with Crippen LogP contribution in [0.25, 0.3) is 0 Å². The first-order valence-corrected chi connectivity index (χ1v) is 8.42. The van der Waals surface area contributed by atoms with Gasteiger partial charge in [-0.2, -0.15) is 0 Å². The highest BCUT2D eigenvalue weighted by Gasteiger charge is 2.29. The fourth-order valence-electron chi connectivity index (χ4n) is 2.83. The van der Waals surface area contributed by atoms with Crippen LogP contribution in [0.2, 0.25) is 0 Å². The van der Waals surface area contributed by atoms with Crippen LogP contribution in [-0.2, 0) is 14.3 Å². The Morgan fingerprint density at radius 1 is 1.25 bits per heavy atom. The third kappa shape index (κ3) is 6.20. The second-order valence-corrected chi connectivity index (χ2v) is 5.96. The summed E-state index contributed by atoms with van der Waals surface area (Å²) in [4.78, 5) is 23.3. The maximum Gasteiger partial charge on any atom is 0.308 e. The normalized spacial score (nSPS) is 16.3. The lowest BCUT2D eigenvalue weighted by Gasteiger charge is -2.27. The van der Waals surface area contributed by atoms with E-state index in [1.807, 2.05) is 30.3 Å². The van der Waals surface area contributed by atoms with Crippen molar-refractivity contribution >= 4 is 11.9 Å². The summed E-state index contributed by atoms with van der Waals surface area (Å²) in [5.41, 5.74) is 0. The number of rotatable bonds is 9. The van der Waals surface area contributed by atoms with E-state index in [0.29, 0.717) is 32.7 Å². The van der Waals surface area contributed by atoms with E-state index in [4.69, 9.17) is 9.47 Å². The second-order valence-electron chi connectivity index (χ2n) is 5.96. The number of carbonyl (C=O) groups is 2. The van der Waals surface area contributed by atoms with Gasteiger partial charge in [-0.15, -0.1) is 0 Å². The van der Waals surface area contributed by atoms with Gasteiger partial charge in [-0.1, -0.05) is 18.2 Å². The summed E-state index contributed by atoms with van der Waals surface area (Å²) in [5.74, 6) is -0.681. The Hall–Kier alpha value is -2.08. The smallest absolute Gasteiger partial charge is 0.308 e. The monoisotopic (exact) mass is 335 g/mol. The molecule has 1 fully saturated rings. The molecule has 1 aliphatic heterocycles. The number of hydrogen-bond donors (Lipinski definition) is 2. The Morgan fingerprint density at radius 2 is 1.96 bits per heavy atom. The summed E-state index contributed by atoms with van der Waals surface area (Å²) in [7, 11) is 0. The second kappa shape index (κ2) is 9.93. The van der Waals surface area contributed by atoms with Gasteiger partial charge in [0.05, 0.1) is 12.5 Å². The van der Waals surface area contributed by atoms with Crippen LogP contribution >= 0.6 is 0 Å². The number of amides is 1. The van der Waals surface area contributed by atoms with E-state index in [9.17, 15) is 14.7 Å². The Morgan fingerprint density at radius 3 is 2.62 bits per heavy atom. The van der Waals surface area contributed by atoms with Gasteiger partial charge in [-0.25, -0.2) is 0 Å². The molecule has 6 nitrogen and oxygen atoms in total. The van der Waals surface area contributed by atoms with Crippen molar-refractivity contribution in [3.05, 3.63) is 30.3 Å². The largest absolute Gasteiger partial charge is 0.494 e. The minimum atomic E-state index is -0.852. The van der Waals surface area contributed by atoms with E-state index in [1.165, 1.54) is 0 Å². The number of ether oxygens (including phenoxy) is 2. The minimum absolute atomic E-state index is 0.0676. The molecule has 1 aromatic carbocycles. The minimum Gasteiger partial charge on any atom is -0.494 e.